The van der Waals surface area contributed by atoms with Gasteiger partial charge in [0.05, 0.1) is 5.69 Å². The van der Waals surface area contributed by atoms with Crippen LogP contribution in [0.1, 0.15) is 36.8 Å². The highest BCUT2D eigenvalue weighted by Crippen LogP contribution is 2.50. The molecule has 5 heteroatoms. The predicted octanol–water partition coefficient (Wildman–Crippen LogP) is 2.75. The zero-order chi connectivity index (χ0) is 16.7. The maximum Gasteiger partial charge on any atom is 0.278 e. The van der Waals surface area contributed by atoms with Crippen LogP contribution in [0.4, 0.5) is 5.95 Å². The number of anilines is 1. The van der Waals surface area contributed by atoms with Crippen LogP contribution in [0, 0.1) is 0 Å². The molecule has 5 nitrogen and oxygen atoms in total. The first-order valence-corrected chi connectivity index (χ1v) is 8.51. The standard InChI is InChI=1S/C19H22N4O/c1-2-11-23-16-13-7-3-4-8-15(13)19(9-5-6-10-19)12-14(16)17(24)21-18(23)22-20/h2-4,7-8H,1,5-6,9-12,20H2,(H,21,22,24). The Hall–Kier alpha value is -2.40. The fourth-order valence-electron chi connectivity index (χ4n) is 4.56. The van der Waals surface area contributed by atoms with Crippen molar-refractivity contribution in [2.24, 2.45) is 5.84 Å². The molecular weight excluding hydrogens is 300 g/mol. The van der Waals surface area contributed by atoms with Gasteiger partial charge in [-0.1, -0.05) is 43.2 Å². The number of rotatable bonds is 3. The number of hydrogen-bond acceptors (Lipinski definition) is 4. The predicted molar refractivity (Wildman–Crippen MR) is 95.8 cm³/mol. The normalized spacial score (nSPS) is 17.4. The second-order valence-electron chi connectivity index (χ2n) is 6.82. The van der Waals surface area contributed by atoms with Crippen molar-refractivity contribution < 1.29 is 0 Å². The minimum Gasteiger partial charge on any atom is -0.306 e. The average molecular weight is 322 g/mol. The lowest BCUT2D eigenvalue weighted by atomic mass is 9.68. The Morgan fingerprint density at radius 2 is 2.08 bits per heavy atom. The van der Waals surface area contributed by atoms with Gasteiger partial charge in [-0.05, 0) is 24.8 Å². The minimum atomic E-state index is -0.168. The summed E-state index contributed by atoms with van der Waals surface area (Å²) >= 11 is 0. The number of benzene rings is 1. The third kappa shape index (κ3) is 2.04. The molecule has 0 unspecified atom stereocenters. The van der Waals surface area contributed by atoms with Crippen molar-refractivity contribution in [2.75, 3.05) is 5.43 Å². The van der Waals surface area contributed by atoms with Gasteiger partial charge in [-0.3, -0.25) is 10.2 Å². The summed E-state index contributed by atoms with van der Waals surface area (Å²) in [6, 6.07) is 8.48. The molecule has 1 saturated carbocycles. The number of nitrogens with two attached hydrogens (primary N) is 1. The van der Waals surface area contributed by atoms with Crippen molar-refractivity contribution in [3.63, 3.8) is 0 Å². The molecule has 2 aliphatic rings. The minimum absolute atomic E-state index is 0.0914. The molecular formula is C19H22N4O. The summed E-state index contributed by atoms with van der Waals surface area (Å²) < 4.78 is 1.96. The Labute approximate surface area is 141 Å². The highest BCUT2D eigenvalue weighted by Gasteiger charge is 2.42. The molecule has 2 aromatic rings. The molecule has 1 spiro atoms. The molecule has 2 aliphatic carbocycles. The summed E-state index contributed by atoms with van der Waals surface area (Å²) in [5.41, 5.74) is 6.75. The van der Waals surface area contributed by atoms with Crippen LogP contribution in [0.5, 0.6) is 0 Å². The van der Waals surface area contributed by atoms with E-state index in [1.807, 2.05) is 10.6 Å². The second-order valence-corrected chi connectivity index (χ2v) is 6.82. The first kappa shape index (κ1) is 15.1. The van der Waals surface area contributed by atoms with Crippen LogP contribution in [0.15, 0.2) is 41.7 Å². The molecule has 0 saturated heterocycles. The van der Waals surface area contributed by atoms with E-state index in [0.29, 0.717) is 12.5 Å². The molecule has 0 bridgehead atoms. The van der Waals surface area contributed by atoms with Crippen LogP contribution in [0.2, 0.25) is 0 Å². The molecule has 24 heavy (non-hydrogen) atoms. The Kier molecular flexibility index (Phi) is 3.53. The van der Waals surface area contributed by atoms with Gasteiger partial charge in [0.1, 0.15) is 0 Å². The van der Waals surface area contributed by atoms with Crippen LogP contribution < -0.4 is 16.8 Å². The zero-order valence-electron chi connectivity index (χ0n) is 13.7. The third-order valence-corrected chi connectivity index (χ3v) is 5.55. The van der Waals surface area contributed by atoms with Crippen LogP contribution in [-0.4, -0.2) is 9.55 Å². The molecule has 0 atom stereocenters. The van der Waals surface area contributed by atoms with Crippen LogP contribution >= 0.6 is 0 Å². The van der Waals surface area contributed by atoms with E-state index in [4.69, 9.17) is 5.84 Å². The van der Waals surface area contributed by atoms with Gasteiger partial charge >= 0.3 is 0 Å². The SMILES string of the molecule is C=CCn1c(NN)nc(=O)c2c1-c1ccccc1C1(CCCC1)C2. The molecule has 0 aliphatic heterocycles. The summed E-state index contributed by atoms with van der Waals surface area (Å²) in [7, 11) is 0. The topological polar surface area (TPSA) is 72.9 Å². The van der Waals surface area contributed by atoms with E-state index in [2.05, 4.69) is 35.2 Å². The van der Waals surface area contributed by atoms with E-state index in [9.17, 15) is 4.79 Å². The van der Waals surface area contributed by atoms with Gasteiger partial charge in [0, 0.05) is 23.1 Å². The lowest BCUT2D eigenvalue weighted by Gasteiger charge is -2.37. The molecule has 0 amide bonds. The van der Waals surface area contributed by atoms with Gasteiger partial charge in [-0.15, -0.1) is 6.58 Å². The van der Waals surface area contributed by atoms with Crippen molar-refractivity contribution in [1.29, 1.82) is 0 Å². The summed E-state index contributed by atoms with van der Waals surface area (Å²) in [6.07, 6.45) is 7.30. The number of nitrogen functional groups attached to an aromatic ring is 1. The van der Waals surface area contributed by atoms with Gasteiger partial charge in [0.25, 0.3) is 5.56 Å². The van der Waals surface area contributed by atoms with Crippen LogP contribution in [-0.2, 0) is 18.4 Å². The second kappa shape index (κ2) is 5.60. The van der Waals surface area contributed by atoms with Gasteiger partial charge in [0.2, 0.25) is 5.95 Å². The van der Waals surface area contributed by atoms with Crippen LogP contribution in [0.25, 0.3) is 11.3 Å². The molecule has 4 rings (SSSR count). The van der Waals surface area contributed by atoms with E-state index in [1.165, 1.54) is 18.4 Å². The summed E-state index contributed by atoms with van der Waals surface area (Å²) in [4.78, 5) is 16.9. The number of allylic oxidation sites excluding steroid dienone is 1. The Morgan fingerprint density at radius 3 is 2.79 bits per heavy atom. The lowest BCUT2D eigenvalue weighted by molar-refractivity contribution is 0.428. The summed E-state index contributed by atoms with van der Waals surface area (Å²) in [5.74, 6) is 6.00. The van der Waals surface area contributed by atoms with Crippen molar-refractivity contribution >= 4 is 5.95 Å². The average Bonchev–Trinajstić information content (AvgIpc) is 3.07. The van der Waals surface area contributed by atoms with Crippen LogP contribution in [0.3, 0.4) is 0 Å². The Bertz CT molecular complexity index is 862. The maximum atomic E-state index is 12.7. The Balaban J connectivity index is 2.06. The molecule has 1 aromatic heterocycles. The van der Waals surface area contributed by atoms with Gasteiger partial charge in [-0.25, -0.2) is 5.84 Å². The van der Waals surface area contributed by atoms with Gasteiger partial charge in [0.15, 0.2) is 0 Å². The number of nitrogens with zero attached hydrogens (tertiary/aromatic N) is 2. The van der Waals surface area contributed by atoms with E-state index in [0.717, 1.165) is 36.1 Å². The van der Waals surface area contributed by atoms with Crippen molar-refractivity contribution in [2.45, 2.75) is 44.1 Å². The smallest absolute Gasteiger partial charge is 0.278 e. The van der Waals surface area contributed by atoms with E-state index in [-0.39, 0.29) is 11.0 Å². The summed E-state index contributed by atoms with van der Waals surface area (Å²) in [6.45, 7) is 4.39. The third-order valence-electron chi connectivity index (χ3n) is 5.55. The van der Waals surface area contributed by atoms with Crippen molar-refractivity contribution in [3.8, 4) is 11.3 Å². The fraction of sp³-hybridized carbons (Fsp3) is 0.368. The number of hydrogen-bond donors (Lipinski definition) is 2. The number of aromatic nitrogens is 2. The number of fused-ring (bicyclic) bond motifs is 4. The van der Waals surface area contributed by atoms with Crippen molar-refractivity contribution in [1.82, 2.24) is 9.55 Å². The highest BCUT2D eigenvalue weighted by atomic mass is 16.1. The zero-order valence-corrected chi connectivity index (χ0v) is 13.7. The summed E-state index contributed by atoms with van der Waals surface area (Å²) in [5, 5.41) is 0. The lowest BCUT2D eigenvalue weighted by Crippen LogP contribution is -2.36. The quantitative estimate of drug-likeness (QED) is 0.518. The molecule has 3 N–H and O–H groups in total. The first-order valence-electron chi connectivity index (χ1n) is 8.51. The molecule has 1 fully saturated rings. The van der Waals surface area contributed by atoms with E-state index >= 15 is 0 Å². The fourth-order valence-corrected chi connectivity index (χ4v) is 4.56. The maximum absolute atomic E-state index is 12.7. The van der Waals surface area contributed by atoms with Gasteiger partial charge in [-0.2, -0.15) is 4.98 Å². The largest absolute Gasteiger partial charge is 0.306 e. The van der Waals surface area contributed by atoms with E-state index < -0.39 is 0 Å². The van der Waals surface area contributed by atoms with Crippen molar-refractivity contribution in [3.05, 3.63) is 58.4 Å². The molecule has 0 radical (unpaired) electrons. The number of nitrogens with one attached hydrogen (secondary N) is 1. The molecule has 1 aromatic carbocycles. The monoisotopic (exact) mass is 322 g/mol. The first-order chi connectivity index (χ1) is 11.7. The number of hydrazine groups is 1. The highest BCUT2D eigenvalue weighted by molar-refractivity contribution is 5.73. The van der Waals surface area contributed by atoms with E-state index in [1.54, 1.807) is 6.08 Å². The van der Waals surface area contributed by atoms with Gasteiger partial charge < -0.3 is 4.57 Å². The molecule has 124 valence electrons. The molecule has 1 heterocycles. The Morgan fingerprint density at radius 1 is 1.33 bits per heavy atom.